The summed E-state index contributed by atoms with van der Waals surface area (Å²) in [4.78, 5) is 27.3. The van der Waals surface area contributed by atoms with Gasteiger partial charge in [0.2, 0.25) is 0 Å². The van der Waals surface area contributed by atoms with Gasteiger partial charge in [0, 0.05) is 30.4 Å². The number of nitrogens with one attached hydrogen (secondary N) is 1. The van der Waals surface area contributed by atoms with E-state index in [4.69, 9.17) is 21.1 Å². The Morgan fingerprint density at radius 3 is 2.69 bits per heavy atom. The second-order valence-corrected chi connectivity index (χ2v) is 8.48. The molecule has 29 heavy (non-hydrogen) atoms. The number of nitrogens with zero attached hydrogens (tertiary/aromatic N) is 1. The first kappa shape index (κ1) is 21.9. The fourth-order valence-electron chi connectivity index (χ4n) is 4.19. The summed E-state index contributed by atoms with van der Waals surface area (Å²) in [5.41, 5.74) is 1.07. The Kier molecular flexibility index (Phi) is 7.41. The molecule has 2 aliphatic rings. The molecule has 0 saturated carbocycles. The lowest BCUT2D eigenvalue weighted by atomic mass is 9.73. The van der Waals surface area contributed by atoms with Gasteiger partial charge < -0.3 is 19.7 Å². The molecule has 2 fully saturated rings. The number of esters is 1. The van der Waals surface area contributed by atoms with Gasteiger partial charge in [0.05, 0.1) is 18.1 Å². The molecule has 6 nitrogen and oxygen atoms in total. The molecular weight excluding hydrogens is 392 g/mol. The summed E-state index contributed by atoms with van der Waals surface area (Å²) < 4.78 is 11.3. The molecule has 2 amide bonds. The second kappa shape index (κ2) is 9.81. The third-order valence-electron chi connectivity index (χ3n) is 6.03. The molecule has 1 aromatic carbocycles. The average Bonchev–Trinajstić information content (AvgIpc) is 2.72. The number of urea groups is 1. The van der Waals surface area contributed by atoms with Gasteiger partial charge in [-0.1, -0.05) is 17.7 Å². The van der Waals surface area contributed by atoms with Crippen LogP contribution in [-0.4, -0.2) is 49.3 Å². The molecule has 0 aromatic heterocycles. The number of hydrogen-bond donors (Lipinski definition) is 1. The van der Waals surface area contributed by atoms with Crippen molar-refractivity contribution in [1.29, 1.82) is 0 Å². The number of aryl methyl sites for hydroxylation is 1. The Hall–Kier alpha value is -1.79. The van der Waals surface area contributed by atoms with Crippen molar-refractivity contribution < 1.29 is 19.1 Å². The van der Waals surface area contributed by atoms with E-state index in [1.165, 1.54) is 0 Å². The Labute approximate surface area is 177 Å². The average molecular weight is 423 g/mol. The van der Waals surface area contributed by atoms with E-state index in [0.717, 1.165) is 31.4 Å². The van der Waals surface area contributed by atoms with Crippen LogP contribution >= 0.6 is 11.6 Å². The van der Waals surface area contributed by atoms with Gasteiger partial charge in [0.1, 0.15) is 0 Å². The number of ether oxygens (including phenoxy) is 2. The van der Waals surface area contributed by atoms with E-state index in [2.05, 4.69) is 5.32 Å². The van der Waals surface area contributed by atoms with Crippen molar-refractivity contribution in [2.45, 2.75) is 58.5 Å². The number of anilines is 1. The van der Waals surface area contributed by atoms with Crippen LogP contribution in [0.3, 0.4) is 0 Å². The minimum atomic E-state index is -0.567. The number of piperidine rings is 1. The minimum absolute atomic E-state index is 0.100. The van der Waals surface area contributed by atoms with Crippen LogP contribution in [0.4, 0.5) is 10.5 Å². The van der Waals surface area contributed by atoms with Crippen molar-refractivity contribution in [3.05, 3.63) is 28.8 Å². The predicted molar refractivity (Wildman–Crippen MR) is 113 cm³/mol. The summed E-state index contributed by atoms with van der Waals surface area (Å²) in [5.74, 6) is -0.153. The molecule has 0 spiro atoms. The number of carbonyl (C=O) groups excluding carboxylic acids is 2. The van der Waals surface area contributed by atoms with Gasteiger partial charge in [-0.15, -0.1) is 0 Å². The number of likely N-dealkylation sites (tertiary alicyclic amines) is 1. The van der Waals surface area contributed by atoms with Crippen LogP contribution in [-0.2, 0) is 14.3 Å². The van der Waals surface area contributed by atoms with Crippen LogP contribution in [0.1, 0.15) is 51.0 Å². The molecule has 1 N–H and O–H groups in total. The summed E-state index contributed by atoms with van der Waals surface area (Å²) in [6.45, 7) is 5.90. The van der Waals surface area contributed by atoms with E-state index < -0.39 is 5.41 Å². The van der Waals surface area contributed by atoms with Gasteiger partial charge in [-0.3, -0.25) is 4.79 Å². The van der Waals surface area contributed by atoms with Crippen molar-refractivity contribution >= 4 is 29.3 Å². The second-order valence-electron chi connectivity index (χ2n) is 8.07. The molecule has 3 rings (SSSR count). The summed E-state index contributed by atoms with van der Waals surface area (Å²) in [7, 11) is 0. The predicted octanol–water partition coefficient (Wildman–Crippen LogP) is 4.78. The number of rotatable bonds is 5. The maximum absolute atomic E-state index is 12.8. The first-order valence-corrected chi connectivity index (χ1v) is 10.9. The quantitative estimate of drug-likeness (QED) is 0.693. The largest absolute Gasteiger partial charge is 0.466 e. The third-order valence-corrected chi connectivity index (χ3v) is 6.44. The van der Waals surface area contributed by atoms with E-state index in [9.17, 15) is 9.59 Å². The van der Waals surface area contributed by atoms with E-state index in [0.29, 0.717) is 49.7 Å². The Balaban J connectivity index is 1.62. The van der Waals surface area contributed by atoms with Crippen molar-refractivity contribution in [2.24, 2.45) is 5.41 Å². The smallest absolute Gasteiger partial charge is 0.321 e. The van der Waals surface area contributed by atoms with Crippen LogP contribution in [0.5, 0.6) is 0 Å². The molecule has 7 heteroatoms. The topological polar surface area (TPSA) is 67.9 Å². The first-order chi connectivity index (χ1) is 13.9. The highest BCUT2D eigenvalue weighted by molar-refractivity contribution is 6.31. The summed E-state index contributed by atoms with van der Waals surface area (Å²) in [6.07, 6.45) is 5.16. The van der Waals surface area contributed by atoms with Crippen molar-refractivity contribution in [1.82, 2.24) is 4.90 Å². The van der Waals surface area contributed by atoms with E-state index in [1.807, 2.05) is 26.0 Å². The number of hydrogen-bond acceptors (Lipinski definition) is 4. The normalized spacial score (nSPS) is 21.5. The summed E-state index contributed by atoms with van der Waals surface area (Å²) in [5, 5.41) is 3.53. The maximum Gasteiger partial charge on any atom is 0.321 e. The van der Waals surface area contributed by atoms with Gasteiger partial charge in [-0.05, 0) is 70.1 Å². The number of halogens is 1. The first-order valence-electron chi connectivity index (χ1n) is 10.5. The molecule has 2 aliphatic heterocycles. The minimum Gasteiger partial charge on any atom is -0.466 e. The maximum atomic E-state index is 12.8. The number of amides is 2. The number of benzene rings is 1. The van der Waals surface area contributed by atoms with Crippen molar-refractivity contribution in [2.75, 3.05) is 31.6 Å². The van der Waals surface area contributed by atoms with Crippen molar-refractivity contribution in [3.63, 3.8) is 0 Å². The Morgan fingerprint density at radius 2 is 2.07 bits per heavy atom. The molecule has 0 unspecified atom stereocenters. The van der Waals surface area contributed by atoms with Crippen LogP contribution in [0.2, 0.25) is 5.02 Å². The van der Waals surface area contributed by atoms with Gasteiger partial charge in [-0.25, -0.2) is 4.79 Å². The summed E-state index contributed by atoms with van der Waals surface area (Å²) >= 11 is 6.15. The lowest BCUT2D eigenvalue weighted by molar-refractivity contribution is -0.162. The zero-order valence-electron chi connectivity index (χ0n) is 17.3. The molecule has 1 atom stereocenters. The highest BCUT2D eigenvalue weighted by atomic mass is 35.5. The van der Waals surface area contributed by atoms with Crippen molar-refractivity contribution in [3.8, 4) is 0 Å². The molecule has 0 bridgehead atoms. The third kappa shape index (κ3) is 5.43. The van der Waals surface area contributed by atoms with Crippen LogP contribution in [0, 0.1) is 12.3 Å². The molecule has 0 radical (unpaired) electrons. The Bertz CT molecular complexity index is 726. The highest BCUT2D eigenvalue weighted by Gasteiger charge is 2.45. The molecule has 2 saturated heterocycles. The molecule has 2 heterocycles. The van der Waals surface area contributed by atoms with Crippen LogP contribution in [0.25, 0.3) is 0 Å². The zero-order chi connectivity index (χ0) is 20.9. The molecule has 160 valence electrons. The lowest BCUT2D eigenvalue weighted by Gasteiger charge is -2.42. The monoisotopic (exact) mass is 422 g/mol. The van der Waals surface area contributed by atoms with Gasteiger partial charge in [-0.2, -0.15) is 0 Å². The van der Waals surface area contributed by atoms with Crippen LogP contribution < -0.4 is 5.32 Å². The highest BCUT2D eigenvalue weighted by Crippen LogP contribution is 2.40. The fraction of sp³-hybridized carbons (Fsp3) is 0.636. The zero-order valence-corrected chi connectivity index (χ0v) is 18.1. The fourth-order valence-corrected chi connectivity index (χ4v) is 4.37. The van der Waals surface area contributed by atoms with E-state index in [-0.39, 0.29) is 18.1 Å². The Morgan fingerprint density at radius 1 is 1.31 bits per heavy atom. The SMILES string of the molecule is CCOC(=O)C1(C[C@@H]2CCCCO2)CCN(C(=O)Nc2ccc(C)c(Cl)c2)CC1. The molecular formula is C22H31ClN2O4. The standard InChI is InChI=1S/C22H31ClN2O4/c1-3-28-20(26)22(15-18-6-4-5-13-29-18)9-11-25(12-10-22)21(27)24-17-8-7-16(2)19(23)14-17/h7-8,14,18H,3-6,9-13,15H2,1-2H3,(H,24,27)/t18-/m0/s1. The van der Waals surface area contributed by atoms with Gasteiger partial charge in [0.25, 0.3) is 0 Å². The van der Waals surface area contributed by atoms with E-state index in [1.54, 1.807) is 11.0 Å². The molecule has 1 aromatic rings. The van der Waals surface area contributed by atoms with Crippen LogP contribution in [0.15, 0.2) is 18.2 Å². The number of carbonyl (C=O) groups is 2. The van der Waals surface area contributed by atoms with E-state index >= 15 is 0 Å². The van der Waals surface area contributed by atoms with Gasteiger partial charge >= 0.3 is 12.0 Å². The molecule has 0 aliphatic carbocycles. The van der Waals surface area contributed by atoms with Gasteiger partial charge in [0.15, 0.2) is 0 Å². The lowest BCUT2D eigenvalue weighted by Crippen LogP contribution is -2.49. The summed E-state index contributed by atoms with van der Waals surface area (Å²) in [6, 6.07) is 5.30.